The van der Waals surface area contributed by atoms with Gasteiger partial charge in [0.1, 0.15) is 0 Å². The monoisotopic (exact) mass is 286 g/mol. The molecule has 17 heavy (non-hydrogen) atoms. The summed E-state index contributed by atoms with van der Waals surface area (Å²) in [5.74, 6) is 0. The summed E-state index contributed by atoms with van der Waals surface area (Å²) >= 11 is 0. The van der Waals surface area contributed by atoms with Crippen LogP contribution in [0.2, 0.25) is 6.04 Å². The van der Waals surface area contributed by atoms with Crippen molar-refractivity contribution in [2.24, 2.45) is 0 Å². The number of unbranched alkanes of at least 4 members (excludes halogenated alkanes) is 1. The van der Waals surface area contributed by atoms with Crippen molar-refractivity contribution < 1.29 is 26.9 Å². The van der Waals surface area contributed by atoms with Gasteiger partial charge < -0.3 is 22.3 Å². The first-order valence-corrected chi connectivity index (χ1v) is 9.03. The predicted molar refractivity (Wildman–Crippen MR) is 67.3 cm³/mol. The summed E-state index contributed by atoms with van der Waals surface area (Å²) in [5.41, 5.74) is 0. The van der Waals surface area contributed by atoms with Crippen molar-refractivity contribution in [1.82, 2.24) is 0 Å². The molecule has 0 aromatic carbocycles. The van der Waals surface area contributed by atoms with E-state index in [1.165, 1.54) is 14.2 Å². The first kappa shape index (κ1) is 17.2. The molecular weight excluding hydrogens is 263 g/mol. The first-order valence-electron chi connectivity index (χ1n) is 5.37. The van der Waals surface area contributed by atoms with Gasteiger partial charge in [-0.25, -0.2) is 0 Å². The third-order valence-corrected chi connectivity index (χ3v) is 7.46. The van der Waals surface area contributed by atoms with Gasteiger partial charge in [-0.2, -0.15) is 0 Å². The highest BCUT2D eigenvalue weighted by molar-refractivity contribution is 7.53. The maximum Gasteiger partial charge on any atom is 0.500 e. The molecule has 0 bridgehead atoms. The molecule has 0 aromatic heterocycles. The fraction of sp³-hybridized carbons (Fsp3) is 1.00. The molecule has 0 radical (unpaired) electrons. The highest BCUT2D eigenvalue weighted by Crippen LogP contribution is 2.47. The zero-order valence-corrected chi connectivity index (χ0v) is 13.1. The molecule has 6 nitrogen and oxygen atoms in total. The highest BCUT2D eigenvalue weighted by Gasteiger charge is 2.37. The Morgan fingerprint density at radius 3 is 1.71 bits per heavy atom. The molecule has 0 atom stereocenters. The van der Waals surface area contributed by atoms with E-state index in [2.05, 4.69) is 0 Å². The molecule has 0 rings (SSSR count). The van der Waals surface area contributed by atoms with E-state index in [9.17, 15) is 4.57 Å². The molecule has 0 aromatic rings. The number of hydrogen-bond acceptors (Lipinski definition) is 6. The van der Waals surface area contributed by atoms with Crippen LogP contribution in [-0.4, -0.2) is 50.5 Å². The average molecular weight is 286 g/mol. The van der Waals surface area contributed by atoms with Crippen molar-refractivity contribution in [2.45, 2.75) is 18.9 Å². The summed E-state index contributed by atoms with van der Waals surface area (Å²) in [6.07, 6.45) is 1.89. The van der Waals surface area contributed by atoms with Crippen LogP contribution in [0.25, 0.3) is 0 Å². The molecule has 0 N–H and O–H groups in total. The summed E-state index contributed by atoms with van der Waals surface area (Å²) in [6, 6.07) is 0.684. The Balaban J connectivity index is 4.02. The van der Waals surface area contributed by atoms with Gasteiger partial charge in [0.25, 0.3) is 0 Å². The minimum absolute atomic E-state index is 0.390. The lowest BCUT2D eigenvalue weighted by Crippen LogP contribution is -2.42. The fourth-order valence-corrected chi connectivity index (χ4v) is 4.38. The smallest absolute Gasteiger partial charge is 0.377 e. The second kappa shape index (κ2) is 8.37. The molecule has 0 saturated carbocycles. The molecule has 0 aliphatic carbocycles. The predicted octanol–water partition coefficient (Wildman–Crippen LogP) is 2.13. The maximum absolute atomic E-state index is 11.8. The Morgan fingerprint density at radius 1 is 0.882 bits per heavy atom. The van der Waals surface area contributed by atoms with Crippen molar-refractivity contribution in [3.8, 4) is 0 Å². The average Bonchev–Trinajstić information content (AvgIpc) is 2.39. The Labute approximate surface area is 104 Å². The standard InChI is InChI=1S/C9H23O6PSi/c1-11-16(10,12-2)8-6-7-9-17(13-3,14-4)15-5/h6-9H2,1-5H3. The molecule has 0 heterocycles. The van der Waals surface area contributed by atoms with Crippen LogP contribution in [0.3, 0.4) is 0 Å². The van der Waals surface area contributed by atoms with Gasteiger partial charge in [0.05, 0.1) is 6.16 Å². The lowest BCUT2D eigenvalue weighted by atomic mass is 10.4. The van der Waals surface area contributed by atoms with Gasteiger partial charge in [0.2, 0.25) is 0 Å². The maximum atomic E-state index is 11.8. The number of hydrogen-bond donors (Lipinski definition) is 0. The largest absolute Gasteiger partial charge is 0.500 e. The second-order valence-corrected chi connectivity index (χ2v) is 8.94. The van der Waals surface area contributed by atoms with Crippen LogP contribution in [0.5, 0.6) is 0 Å². The van der Waals surface area contributed by atoms with Crippen molar-refractivity contribution in [3.63, 3.8) is 0 Å². The summed E-state index contributed by atoms with van der Waals surface area (Å²) in [6.45, 7) is 0. The van der Waals surface area contributed by atoms with Crippen LogP contribution in [0.15, 0.2) is 0 Å². The van der Waals surface area contributed by atoms with Gasteiger partial charge in [-0.3, -0.25) is 4.57 Å². The number of rotatable bonds is 10. The molecule has 8 heteroatoms. The third kappa shape index (κ3) is 5.61. The van der Waals surface area contributed by atoms with Gasteiger partial charge in [0, 0.05) is 41.6 Å². The zero-order valence-electron chi connectivity index (χ0n) is 11.2. The fourth-order valence-electron chi connectivity index (χ4n) is 1.46. The van der Waals surface area contributed by atoms with Gasteiger partial charge in [-0.05, 0) is 12.8 Å². The summed E-state index contributed by atoms with van der Waals surface area (Å²) in [5, 5.41) is 0. The molecule has 0 spiro atoms. The lowest BCUT2D eigenvalue weighted by Gasteiger charge is -2.24. The van der Waals surface area contributed by atoms with Gasteiger partial charge in [-0.1, -0.05) is 0 Å². The van der Waals surface area contributed by atoms with Crippen molar-refractivity contribution >= 4 is 16.4 Å². The van der Waals surface area contributed by atoms with Crippen molar-refractivity contribution in [3.05, 3.63) is 0 Å². The molecule has 0 amide bonds. The quantitative estimate of drug-likeness (QED) is 0.348. The second-order valence-electron chi connectivity index (χ2n) is 3.45. The summed E-state index contributed by atoms with van der Waals surface area (Å²) < 4.78 is 37.3. The Hall–Kier alpha value is 0.247. The van der Waals surface area contributed by atoms with E-state index < -0.39 is 16.4 Å². The minimum Gasteiger partial charge on any atom is -0.377 e. The summed E-state index contributed by atoms with van der Waals surface area (Å²) in [4.78, 5) is 0. The third-order valence-electron chi connectivity index (χ3n) is 2.65. The van der Waals surface area contributed by atoms with Crippen molar-refractivity contribution in [1.29, 1.82) is 0 Å². The zero-order chi connectivity index (χ0) is 13.4. The lowest BCUT2D eigenvalue weighted by molar-refractivity contribution is 0.123. The molecule has 0 saturated heterocycles. The van der Waals surface area contributed by atoms with Crippen LogP contribution < -0.4 is 0 Å². The molecule has 0 aliphatic heterocycles. The molecule has 0 fully saturated rings. The van der Waals surface area contributed by atoms with E-state index in [-0.39, 0.29) is 0 Å². The Kier molecular flexibility index (Phi) is 8.49. The molecular formula is C9H23O6PSi. The van der Waals surface area contributed by atoms with Gasteiger partial charge in [0.15, 0.2) is 0 Å². The van der Waals surface area contributed by atoms with Crippen LogP contribution in [0, 0.1) is 0 Å². The molecule has 104 valence electrons. The van der Waals surface area contributed by atoms with E-state index >= 15 is 0 Å². The topological polar surface area (TPSA) is 63.2 Å². The summed E-state index contributed by atoms with van der Waals surface area (Å²) in [7, 11) is 2.12. The van der Waals surface area contributed by atoms with Crippen LogP contribution in [0.4, 0.5) is 0 Å². The van der Waals surface area contributed by atoms with E-state index in [0.29, 0.717) is 18.6 Å². The van der Waals surface area contributed by atoms with Gasteiger partial charge in [-0.15, -0.1) is 0 Å². The minimum atomic E-state index is -2.90. The SMILES string of the molecule is CO[Si](CCCCP(=O)(OC)OC)(OC)OC. The van der Waals surface area contributed by atoms with E-state index in [1.807, 2.05) is 0 Å². The highest BCUT2D eigenvalue weighted by atomic mass is 31.2. The van der Waals surface area contributed by atoms with E-state index in [1.54, 1.807) is 21.3 Å². The Bertz CT molecular complexity index is 229. The molecule has 0 unspecified atom stereocenters. The van der Waals surface area contributed by atoms with Crippen LogP contribution >= 0.6 is 7.60 Å². The van der Waals surface area contributed by atoms with Crippen LogP contribution in [-0.2, 0) is 26.9 Å². The normalized spacial score (nSPS) is 13.0. The Morgan fingerprint density at radius 2 is 1.35 bits per heavy atom. The van der Waals surface area contributed by atoms with E-state index in [4.69, 9.17) is 22.3 Å². The van der Waals surface area contributed by atoms with Crippen LogP contribution in [0.1, 0.15) is 12.8 Å². The van der Waals surface area contributed by atoms with Gasteiger partial charge >= 0.3 is 16.4 Å². The first-order chi connectivity index (χ1) is 8.01. The van der Waals surface area contributed by atoms with Crippen molar-refractivity contribution in [2.75, 3.05) is 41.7 Å². The molecule has 0 aliphatic rings. The van der Waals surface area contributed by atoms with E-state index in [0.717, 1.165) is 6.42 Å².